The van der Waals surface area contributed by atoms with Crippen LogP contribution >= 0.6 is 12.4 Å². The zero-order chi connectivity index (χ0) is 15.3. The van der Waals surface area contributed by atoms with Crippen molar-refractivity contribution in [2.45, 2.75) is 17.7 Å². The van der Waals surface area contributed by atoms with Gasteiger partial charge >= 0.3 is 0 Å². The van der Waals surface area contributed by atoms with Crippen LogP contribution in [0.1, 0.15) is 12.8 Å². The van der Waals surface area contributed by atoms with Crippen molar-refractivity contribution in [3.05, 3.63) is 18.2 Å². The maximum atomic E-state index is 12.3. The highest BCUT2D eigenvalue weighted by molar-refractivity contribution is 7.89. The Morgan fingerprint density at radius 3 is 2.59 bits per heavy atom. The Bertz CT molecular complexity index is 574. The average molecular weight is 351 g/mol. The number of halogens is 1. The molecule has 1 unspecified atom stereocenters. The minimum atomic E-state index is -3.52. The molecule has 0 amide bonds. The zero-order valence-electron chi connectivity index (χ0n) is 12.8. The van der Waals surface area contributed by atoms with Crippen molar-refractivity contribution in [1.82, 2.24) is 10.0 Å². The summed E-state index contributed by atoms with van der Waals surface area (Å²) in [6.45, 7) is 2.44. The SMILES string of the molecule is COc1ccc(S(=O)(=O)NCCC2CCNC2)cc1OC.Cl. The van der Waals surface area contributed by atoms with Crippen molar-refractivity contribution >= 4 is 22.4 Å². The quantitative estimate of drug-likeness (QED) is 0.777. The lowest BCUT2D eigenvalue weighted by atomic mass is 10.1. The molecule has 126 valence electrons. The van der Waals surface area contributed by atoms with Gasteiger partial charge in [-0.2, -0.15) is 0 Å². The van der Waals surface area contributed by atoms with E-state index < -0.39 is 10.0 Å². The van der Waals surface area contributed by atoms with Gasteiger partial charge in [0.05, 0.1) is 19.1 Å². The summed E-state index contributed by atoms with van der Waals surface area (Å²) in [5.74, 6) is 1.46. The normalized spacial score (nSPS) is 17.8. The van der Waals surface area contributed by atoms with Gasteiger partial charge in [0.15, 0.2) is 11.5 Å². The molecule has 6 nitrogen and oxygen atoms in total. The maximum Gasteiger partial charge on any atom is 0.240 e. The standard InChI is InChI=1S/C14H22N2O4S.ClH/c1-19-13-4-3-12(9-14(13)20-2)21(17,18)16-8-6-11-5-7-15-10-11;/h3-4,9,11,15-16H,5-8,10H2,1-2H3;1H. The predicted octanol–water partition coefficient (Wildman–Crippen LogP) is 1.40. The van der Waals surface area contributed by atoms with E-state index >= 15 is 0 Å². The molecule has 0 aromatic heterocycles. The van der Waals surface area contributed by atoms with E-state index in [9.17, 15) is 8.42 Å². The third-order valence-electron chi connectivity index (χ3n) is 3.67. The van der Waals surface area contributed by atoms with E-state index in [1.165, 1.54) is 26.4 Å². The highest BCUT2D eigenvalue weighted by atomic mass is 35.5. The lowest BCUT2D eigenvalue weighted by Crippen LogP contribution is -2.26. The molecular formula is C14H23ClN2O4S. The largest absolute Gasteiger partial charge is 0.493 e. The first kappa shape index (κ1) is 19.0. The Balaban J connectivity index is 0.00000242. The minimum absolute atomic E-state index is 0. The van der Waals surface area contributed by atoms with Crippen LogP contribution in [0.25, 0.3) is 0 Å². The van der Waals surface area contributed by atoms with Crippen molar-refractivity contribution in [3.63, 3.8) is 0 Å². The van der Waals surface area contributed by atoms with Gasteiger partial charge in [0.1, 0.15) is 0 Å². The van der Waals surface area contributed by atoms with Gasteiger partial charge in [-0.15, -0.1) is 12.4 Å². The third-order valence-corrected chi connectivity index (χ3v) is 5.13. The molecule has 22 heavy (non-hydrogen) atoms. The monoisotopic (exact) mass is 350 g/mol. The second-order valence-corrected chi connectivity index (χ2v) is 6.83. The first-order valence-electron chi connectivity index (χ1n) is 6.99. The second kappa shape index (κ2) is 8.57. The molecule has 1 aliphatic rings. The highest BCUT2D eigenvalue weighted by Gasteiger charge is 2.19. The smallest absolute Gasteiger partial charge is 0.240 e. The fraction of sp³-hybridized carbons (Fsp3) is 0.571. The van der Waals surface area contributed by atoms with Crippen LogP contribution in [-0.2, 0) is 10.0 Å². The van der Waals surface area contributed by atoms with Crippen molar-refractivity contribution < 1.29 is 17.9 Å². The van der Waals surface area contributed by atoms with Crippen LogP contribution in [0, 0.1) is 5.92 Å². The van der Waals surface area contributed by atoms with E-state index in [0.29, 0.717) is 24.0 Å². The summed E-state index contributed by atoms with van der Waals surface area (Å²) >= 11 is 0. The van der Waals surface area contributed by atoms with Gasteiger partial charge < -0.3 is 14.8 Å². The van der Waals surface area contributed by atoms with E-state index in [-0.39, 0.29) is 17.3 Å². The number of hydrogen-bond donors (Lipinski definition) is 2. The molecule has 2 rings (SSSR count). The molecule has 1 aliphatic heterocycles. The first-order chi connectivity index (χ1) is 10.1. The Kier molecular flexibility index (Phi) is 7.41. The van der Waals surface area contributed by atoms with Gasteiger partial charge in [-0.05, 0) is 44.0 Å². The molecule has 0 radical (unpaired) electrons. The summed E-state index contributed by atoms with van der Waals surface area (Å²) in [4.78, 5) is 0.185. The average Bonchev–Trinajstić information content (AvgIpc) is 2.99. The predicted molar refractivity (Wildman–Crippen MR) is 87.6 cm³/mol. The number of benzene rings is 1. The molecule has 1 fully saturated rings. The Morgan fingerprint density at radius 1 is 1.27 bits per heavy atom. The van der Waals surface area contributed by atoms with Crippen LogP contribution < -0.4 is 19.5 Å². The maximum absolute atomic E-state index is 12.3. The van der Waals surface area contributed by atoms with E-state index in [0.717, 1.165) is 25.9 Å². The molecule has 0 bridgehead atoms. The third kappa shape index (κ3) is 4.74. The number of nitrogens with one attached hydrogen (secondary N) is 2. The minimum Gasteiger partial charge on any atom is -0.493 e. The lowest BCUT2D eigenvalue weighted by Gasteiger charge is -2.12. The van der Waals surface area contributed by atoms with Crippen LogP contribution in [0.3, 0.4) is 0 Å². The molecule has 1 heterocycles. The molecule has 0 aliphatic carbocycles. The fourth-order valence-corrected chi connectivity index (χ4v) is 3.49. The number of hydrogen-bond acceptors (Lipinski definition) is 5. The Hall–Kier alpha value is -1.02. The Labute approximate surface area is 138 Å². The summed E-state index contributed by atoms with van der Waals surface area (Å²) in [5.41, 5.74) is 0. The van der Waals surface area contributed by atoms with E-state index in [4.69, 9.17) is 9.47 Å². The van der Waals surface area contributed by atoms with Gasteiger partial charge in [-0.3, -0.25) is 0 Å². The van der Waals surface area contributed by atoms with Crippen LogP contribution in [0.4, 0.5) is 0 Å². The van der Waals surface area contributed by atoms with Crippen molar-refractivity contribution in [1.29, 1.82) is 0 Å². The molecule has 1 aromatic carbocycles. The lowest BCUT2D eigenvalue weighted by molar-refractivity contribution is 0.354. The van der Waals surface area contributed by atoms with E-state index in [1.807, 2.05) is 0 Å². The molecule has 2 N–H and O–H groups in total. The molecule has 0 spiro atoms. The summed E-state index contributed by atoms with van der Waals surface area (Å²) in [7, 11) is -0.521. The van der Waals surface area contributed by atoms with E-state index in [1.54, 1.807) is 6.07 Å². The number of ether oxygens (including phenoxy) is 2. The summed E-state index contributed by atoms with van der Waals surface area (Å²) in [5, 5.41) is 3.27. The first-order valence-corrected chi connectivity index (χ1v) is 8.47. The van der Waals surface area contributed by atoms with Gasteiger partial charge in [-0.1, -0.05) is 0 Å². The van der Waals surface area contributed by atoms with Crippen LogP contribution in [0.5, 0.6) is 11.5 Å². The summed E-state index contributed by atoms with van der Waals surface area (Å²) in [6, 6.07) is 4.58. The molecule has 1 saturated heterocycles. The van der Waals surface area contributed by atoms with Crippen LogP contribution in [0.15, 0.2) is 23.1 Å². The summed E-state index contributed by atoms with van der Waals surface area (Å²) < 4.78 is 37.4. The number of rotatable bonds is 7. The molecule has 8 heteroatoms. The molecule has 1 atom stereocenters. The summed E-state index contributed by atoms with van der Waals surface area (Å²) in [6.07, 6.45) is 1.96. The van der Waals surface area contributed by atoms with Crippen LogP contribution in [-0.4, -0.2) is 42.3 Å². The molecule has 1 aromatic rings. The number of sulfonamides is 1. The second-order valence-electron chi connectivity index (χ2n) is 5.06. The van der Waals surface area contributed by atoms with Gasteiger partial charge in [-0.25, -0.2) is 13.1 Å². The van der Waals surface area contributed by atoms with Crippen molar-refractivity contribution in [2.24, 2.45) is 5.92 Å². The van der Waals surface area contributed by atoms with Gasteiger partial charge in [0.2, 0.25) is 10.0 Å². The molecule has 0 saturated carbocycles. The van der Waals surface area contributed by atoms with Gasteiger partial charge in [0, 0.05) is 12.6 Å². The topological polar surface area (TPSA) is 76.7 Å². The van der Waals surface area contributed by atoms with Gasteiger partial charge in [0.25, 0.3) is 0 Å². The molecular weight excluding hydrogens is 328 g/mol. The van der Waals surface area contributed by atoms with Crippen LogP contribution in [0.2, 0.25) is 0 Å². The van der Waals surface area contributed by atoms with E-state index in [2.05, 4.69) is 10.0 Å². The van der Waals surface area contributed by atoms with Crippen molar-refractivity contribution in [2.75, 3.05) is 33.9 Å². The fourth-order valence-electron chi connectivity index (χ4n) is 2.43. The van der Waals surface area contributed by atoms with Crippen molar-refractivity contribution in [3.8, 4) is 11.5 Å². The Morgan fingerprint density at radius 2 is 2.00 bits per heavy atom. The zero-order valence-corrected chi connectivity index (χ0v) is 14.4. The highest BCUT2D eigenvalue weighted by Crippen LogP contribution is 2.29. The number of methoxy groups -OCH3 is 2.